The second-order valence-electron chi connectivity index (χ2n) is 4.80. The van der Waals surface area contributed by atoms with E-state index >= 15 is 0 Å². The van der Waals surface area contributed by atoms with E-state index in [-0.39, 0.29) is 0 Å². The zero-order chi connectivity index (χ0) is 11.2. The molecule has 1 unspecified atom stereocenters. The van der Waals surface area contributed by atoms with Crippen LogP contribution in [0, 0.1) is 5.92 Å². The van der Waals surface area contributed by atoms with E-state index in [1.165, 1.54) is 49.2 Å². The summed E-state index contributed by atoms with van der Waals surface area (Å²) in [7, 11) is 2.08. The number of nitrogens with one attached hydrogen (secondary N) is 1. The van der Waals surface area contributed by atoms with Gasteiger partial charge in [0.15, 0.2) is 0 Å². The third-order valence-corrected chi connectivity index (χ3v) is 4.72. The maximum atomic E-state index is 5.45. The van der Waals surface area contributed by atoms with Crippen molar-refractivity contribution in [2.24, 2.45) is 5.92 Å². The lowest BCUT2D eigenvalue weighted by Crippen LogP contribution is -2.32. The fourth-order valence-corrected chi connectivity index (χ4v) is 3.82. The molecule has 1 atom stereocenters. The van der Waals surface area contributed by atoms with Crippen molar-refractivity contribution in [1.29, 1.82) is 0 Å². The smallest absolute Gasteiger partial charge is 0.0876 e. The first-order valence-electron chi connectivity index (χ1n) is 6.45. The maximum absolute atomic E-state index is 5.45. The molecule has 1 fully saturated rings. The van der Waals surface area contributed by atoms with E-state index in [2.05, 4.69) is 24.1 Å². The predicted octanol–water partition coefficient (Wildman–Crippen LogP) is 2.80. The molecule has 1 saturated heterocycles. The van der Waals surface area contributed by atoms with Crippen LogP contribution in [0.25, 0.3) is 0 Å². The fourth-order valence-electron chi connectivity index (χ4n) is 2.61. The van der Waals surface area contributed by atoms with Crippen molar-refractivity contribution in [1.82, 2.24) is 5.32 Å². The monoisotopic (exact) mass is 241 g/mol. The van der Waals surface area contributed by atoms with Gasteiger partial charge in [-0.15, -0.1) is 0 Å². The summed E-state index contributed by atoms with van der Waals surface area (Å²) in [4.78, 5) is 0. The summed E-state index contributed by atoms with van der Waals surface area (Å²) in [5.74, 6) is 3.63. The van der Waals surface area contributed by atoms with Gasteiger partial charge in [0.25, 0.3) is 0 Å². The van der Waals surface area contributed by atoms with Crippen LogP contribution in [0.1, 0.15) is 32.1 Å². The molecule has 2 aliphatic heterocycles. The van der Waals surface area contributed by atoms with Gasteiger partial charge in [0, 0.05) is 6.04 Å². The number of hydrogen-bond donors (Lipinski definition) is 1. The molecule has 2 rings (SSSR count). The summed E-state index contributed by atoms with van der Waals surface area (Å²) >= 11 is 2.11. The van der Waals surface area contributed by atoms with Crippen LogP contribution in [-0.4, -0.2) is 31.2 Å². The molecule has 16 heavy (non-hydrogen) atoms. The molecule has 0 aromatic rings. The van der Waals surface area contributed by atoms with Gasteiger partial charge in [-0.1, -0.05) is 0 Å². The lowest BCUT2D eigenvalue weighted by molar-refractivity contribution is 0.217. The average Bonchev–Trinajstić information content (AvgIpc) is 2.38. The molecule has 0 aromatic heterocycles. The van der Waals surface area contributed by atoms with Gasteiger partial charge >= 0.3 is 0 Å². The van der Waals surface area contributed by atoms with Gasteiger partial charge in [0.2, 0.25) is 0 Å². The Morgan fingerprint density at radius 3 is 2.94 bits per heavy atom. The normalized spacial score (nSPS) is 24.7. The van der Waals surface area contributed by atoms with Crippen molar-refractivity contribution in [2.75, 3.05) is 25.2 Å². The highest BCUT2D eigenvalue weighted by molar-refractivity contribution is 7.99. The second kappa shape index (κ2) is 6.55. The number of ether oxygens (including phenoxy) is 1. The van der Waals surface area contributed by atoms with Crippen molar-refractivity contribution < 1.29 is 4.74 Å². The Labute approximate surface area is 103 Å². The number of hydrogen-bond acceptors (Lipinski definition) is 3. The number of likely N-dealkylation sites (N-methyl/N-ethyl adjacent to an activating group) is 1. The quantitative estimate of drug-likeness (QED) is 0.818. The van der Waals surface area contributed by atoms with Crippen molar-refractivity contribution in [3.8, 4) is 0 Å². The second-order valence-corrected chi connectivity index (χ2v) is 6.02. The molecule has 2 aliphatic rings. The molecule has 0 radical (unpaired) electrons. The van der Waals surface area contributed by atoms with E-state index in [4.69, 9.17) is 4.74 Å². The molecular formula is C13H23NOS. The summed E-state index contributed by atoms with van der Waals surface area (Å²) in [5, 5.41) is 3.46. The van der Waals surface area contributed by atoms with Crippen molar-refractivity contribution in [3.05, 3.63) is 11.8 Å². The molecule has 0 spiro atoms. The summed E-state index contributed by atoms with van der Waals surface area (Å²) < 4.78 is 5.45. The SMILES string of the molecule is CNC(CC1CCSCC1)C1=COCCC1. The highest BCUT2D eigenvalue weighted by atomic mass is 32.2. The summed E-state index contributed by atoms with van der Waals surface area (Å²) in [6, 6.07) is 0.549. The number of rotatable bonds is 4. The molecule has 92 valence electrons. The van der Waals surface area contributed by atoms with Gasteiger partial charge in [0.05, 0.1) is 12.9 Å². The third-order valence-electron chi connectivity index (χ3n) is 3.67. The zero-order valence-corrected chi connectivity index (χ0v) is 11.0. The molecule has 2 nitrogen and oxygen atoms in total. The van der Waals surface area contributed by atoms with E-state index in [0.717, 1.165) is 12.5 Å². The minimum absolute atomic E-state index is 0.549. The number of thioether (sulfide) groups is 1. The third kappa shape index (κ3) is 3.42. The minimum atomic E-state index is 0.549. The first-order valence-corrected chi connectivity index (χ1v) is 7.61. The van der Waals surface area contributed by atoms with Crippen LogP contribution in [0.3, 0.4) is 0 Å². The van der Waals surface area contributed by atoms with Crippen LogP contribution in [-0.2, 0) is 4.74 Å². The van der Waals surface area contributed by atoms with E-state index in [0.29, 0.717) is 6.04 Å². The molecular weight excluding hydrogens is 218 g/mol. The van der Waals surface area contributed by atoms with E-state index < -0.39 is 0 Å². The van der Waals surface area contributed by atoms with E-state index in [9.17, 15) is 0 Å². The van der Waals surface area contributed by atoms with Gasteiger partial charge in [-0.3, -0.25) is 0 Å². The highest BCUT2D eigenvalue weighted by Crippen LogP contribution is 2.29. The molecule has 2 heterocycles. The van der Waals surface area contributed by atoms with Crippen LogP contribution in [0.2, 0.25) is 0 Å². The Kier molecular flexibility index (Phi) is 5.04. The average molecular weight is 241 g/mol. The predicted molar refractivity (Wildman–Crippen MR) is 70.8 cm³/mol. The highest BCUT2D eigenvalue weighted by Gasteiger charge is 2.21. The Morgan fingerprint density at radius 2 is 2.31 bits per heavy atom. The first-order chi connectivity index (χ1) is 7.90. The van der Waals surface area contributed by atoms with Crippen molar-refractivity contribution >= 4 is 11.8 Å². The van der Waals surface area contributed by atoms with Gasteiger partial charge < -0.3 is 10.1 Å². The molecule has 0 aliphatic carbocycles. The van der Waals surface area contributed by atoms with Gasteiger partial charge in [-0.25, -0.2) is 0 Å². The Morgan fingerprint density at radius 1 is 1.50 bits per heavy atom. The zero-order valence-electron chi connectivity index (χ0n) is 10.2. The molecule has 0 aromatic carbocycles. The van der Waals surface area contributed by atoms with Crippen LogP contribution in [0.5, 0.6) is 0 Å². The van der Waals surface area contributed by atoms with Crippen LogP contribution in [0.4, 0.5) is 0 Å². The Hall–Kier alpha value is -0.150. The van der Waals surface area contributed by atoms with Gasteiger partial charge in [-0.2, -0.15) is 11.8 Å². The van der Waals surface area contributed by atoms with Crippen molar-refractivity contribution in [3.63, 3.8) is 0 Å². The standard InChI is InChI=1S/C13H23NOS/c1-14-13(12-3-2-6-15-10-12)9-11-4-7-16-8-5-11/h10-11,13-14H,2-9H2,1H3. The lowest BCUT2D eigenvalue weighted by Gasteiger charge is -2.28. The van der Waals surface area contributed by atoms with E-state index in [1.54, 1.807) is 0 Å². The fraction of sp³-hybridized carbons (Fsp3) is 0.846. The van der Waals surface area contributed by atoms with Crippen LogP contribution in [0.15, 0.2) is 11.8 Å². The largest absolute Gasteiger partial charge is 0.501 e. The van der Waals surface area contributed by atoms with E-state index in [1.807, 2.05) is 6.26 Å². The summed E-state index contributed by atoms with van der Waals surface area (Å²) in [5.41, 5.74) is 1.48. The summed E-state index contributed by atoms with van der Waals surface area (Å²) in [6.45, 7) is 0.903. The van der Waals surface area contributed by atoms with Gasteiger partial charge in [0.1, 0.15) is 0 Å². The lowest BCUT2D eigenvalue weighted by atomic mass is 9.89. The first kappa shape index (κ1) is 12.3. The summed E-state index contributed by atoms with van der Waals surface area (Å²) in [6.07, 6.45) is 8.50. The minimum Gasteiger partial charge on any atom is -0.501 e. The molecule has 0 saturated carbocycles. The molecule has 3 heteroatoms. The maximum Gasteiger partial charge on any atom is 0.0876 e. The molecule has 1 N–H and O–H groups in total. The molecule has 0 bridgehead atoms. The topological polar surface area (TPSA) is 21.3 Å². The van der Waals surface area contributed by atoms with Crippen LogP contribution < -0.4 is 5.32 Å². The van der Waals surface area contributed by atoms with Gasteiger partial charge in [-0.05, 0) is 62.1 Å². The van der Waals surface area contributed by atoms with Crippen LogP contribution >= 0.6 is 11.8 Å². The Bertz CT molecular complexity index is 236. The molecule has 0 amide bonds. The Balaban J connectivity index is 1.86. The van der Waals surface area contributed by atoms with Crippen molar-refractivity contribution in [2.45, 2.75) is 38.1 Å².